The molecule has 0 fully saturated rings. The van der Waals surface area contributed by atoms with Gasteiger partial charge < -0.3 is 5.32 Å². The molecule has 6 heteroatoms. The Balaban J connectivity index is 2.97. The molecule has 1 aromatic rings. The first kappa shape index (κ1) is 17.0. The topological polar surface area (TPSA) is 46.2 Å². The molecule has 20 heavy (non-hydrogen) atoms. The summed E-state index contributed by atoms with van der Waals surface area (Å²) in [5, 5.41) is 3.15. The highest BCUT2D eigenvalue weighted by Crippen LogP contribution is 2.19. The summed E-state index contributed by atoms with van der Waals surface area (Å²) in [6.45, 7) is 6.50. The summed E-state index contributed by atoms with van der Waals surface area (Å²) in [5.41, 5.74) is 0. The first-order valence-corrected chi connectivity index (χ1v) is 8.34. The molecule has 1 rings (SSSR count). The van der Waals surface area contributed by atoms with Gasteiger partial charge in [-0.05, 0) is 31.0 Å². The van der Waals surface area contributed by atoms with Crippen LogP contribution in [-0.4, -0.2) is 26.8 Å². The number of hydrogen-bond acceptors (Lipinski definition) is 3. The van der Waals surface area contributed by atoms with E-state index in [0.29, 0.717) is 12.6 Å². The Kier molecular flexibility index (Phi) is 6.07. The van der Waals surface area contributed by atoms with E-state index >= 15 is 0 Å². The molecule has 0 aliphatic heterocycles. The molecule has 3 nitrogen and oxygen atoms in total. The van der Waals surface area contributed by atoms with Crippen molar-refractivity contribution < 1.29 is 17.2 Å². The maximum absolute atomic E-state index is 13.6. The Labute approximate surface area is 119 Å². The Morgan fingerprint density at radius 3 is 2.40 bits per heavy atom. The molecule has 0 radical (unpaired) electrons. The van der Waals surface area contributed by atoms with Crippen molar-refractivity contribution in [3.63, 3.8) is 0 Å². The SMILES string of the molecule is CCCNC(CS(=O)(=O)c1ccc(F)cc1F)C(C)C. The van der Waals surface area contributed by atoms with Gasteiger partial charge in [-0.15, -0.1) is 0 Å². The molecule has 1 N–H and O–H groups in total. The lowest BCUT2D eigenvalue weighted by molar-refractivity contribution is 0.425. The predicted octanol–water partition coefficient (Wildman–Crippen LogP) is 2.76. The Morgan fingerprint density at radius 1 is 1.25 bits per heavy atom. The van der Waals surface area contributed by atoms with Gasteiger partial charge in [-0.3, -0.25) is 0 Å². The summed E-state index contributed by atoms with van der Waals surface area (Å²) in [6.07, 6.45) is 0.883. The minimum atomic E-state index is -3.79. The maximum Gasteiger partial charge on any atom is 0.182 e. The quantitative estimate of drug-likeness (QED) is 0.788. The number of nitrogens with one attached hydrogen (secondary N) is 1. The molecule has 0 saturated carbocycles. The number of hydrogen-bond donors (Lipinski definition) is 1. The molecule has 0 aromatic heterocycles. The normalized spacial score (nSPS) is 13.7. The molecule has 0 heterocycles. The molecule has 0 amide bonds. The zero-order valence-electron chi connectivity index (χ0n) is 12.0. The summed E-state index contributed by atoms with van der Waals surface area (Å²) in [4.78, 5) is -0.442. The summed E-state index contributed by atoms with van der Waals surface area (Å²) in [5.74, 6) is -1.93. The second-order valence-electron chi connectivity index (χ2n) is 5.16. The van der Waals surface area contributed by atoms with Crippen molar-refractivity contribution in [1.29, 1.82) is 0 Å². The fraction of sp³-hybridized carbons (Fsp3) is 0.571. The van der Waals surface area contributed by atoms with Crippen LogP contribution in [0.15, 0.2) is 23.1 Å². The van der Waals surface area contributed by atoms with Crippen LogP contribution in [0.4, 0.5) is 8.78 Å². The summed E-state index contributed by atoms with van der Waals surface area (Å²) in [7, 11) is -3.79. The maximum atomic E-state index is 13.6. The van der Waals surface area contributed by atoms with Gasteiger partial charge in [0.15, 0.2) is 9.84 Å². The van der Waals surface area contributed by atoms with Crippen LogP contribution in [0.2, 0.25) is 0 Å². The monoisotopic (exact) mass is 305 g/mol. The smallest absolute Gasteiger partial charge is 0.182 e. The van der Waals surface area contributed by atoms with Crippen LogP contribution in [0.25, 0.3) is 0 Å². The minimum absolute atomic E-state index is 0.0971. The lowest BCUT2D eigenvalue weighted by Gasteiger charge is -2.22. The third-order valence-corrected chi connectivity index (χ3v) is 4.89. The second kappa shape index (κ2) is 7.13. The van der Waals surface area contributed by atoms with Crippen molar-refractivity contribution in [1.82, 2.24) is 5.32 Å². The summed E-state index contributed by atoms with van der Waals surface area (Å²) in [6, 6.07) is 2.28. The van der Waals surface area contributed by atoms with Gasteiger partial charge >= 0.3 is 0 Å². The first-order chi connectivity index (χ1) is 9.27. The van der Waals surface area contributed by atoms with Crippen LogP contribution in [0.1, 0.15) is 27.2 Å². The molecule has 0 spiro atoms. The van der Waals surface area contributed by atoms with E-state index in [1.807, 2.05) is 20.8 Å². The van der Waals surface area contributed by atoms with Crippen molar-refractivity contribution in [3.05, 3.63) is 29.8 Å². The van der Waals surface area contributed by atoms with Crippen molar-refractivity contribution in [2.45, 2.75) is 38.1 Å². The Bertz CT molecular complexity index is 544. The third-order valence-electron chi connectivity index (χ3n) is 3.09. The van der Waals surface area contributed by atoms with E-state index in [4.69, 9.17) is 0 Å². The number of halogens is 2. The predicted molar refractivity (Wildman–Crippen MR) is 75.3 cm³/mol. The van der Waals surface area contributed by atoms with E-state index in [2.05, 4.69) is 5.32 Å². The standard InChI is InChI=1S/C14H21F2NO2S/c1-4-7-17-13(10(2)3)9-20(18,19)14-6-5-11(15)8-12(14)16/h5-6,8,10,13,17H,4,7,9H2,1-3H3. The van der Waals surface area contributed by atoms with Crippen LogP contribution in [0, 0.1) is 17.6 Å². The minimum Gasteiger partial charge on any atom is -0.313 e. The first-order valence-electron chi connectivity index (χ1n) is 6.69. The van der Waals surface area contributed by atoms with Gasteiger partial charge in [-0.2, -0.15) is 0 Å². The lowest BCUT2D eigenvalue weighted by Crippen LogP contribution is -2.40. The highest BCUT2D eigenvalue weighted by molar-refractivity contribution is 7.91. The molecule has 1 unspecified atom stereocenters. The van der Waals surface area contributed by atoms with E-state index in [-0.39, 0.29) is 17.7 Å². The average molecular weight is 305 g/mol. The largest absolute Gasteiger partial charge is 0.313 e. The summed E-state index contributed by atoms with van der Waals surface area (Å²) >= 11 is 0. The molecule has 0 bridgehead atoms. The van der Waals surface area contributed by atoms with Gasteiger partial charge in [0.25, 0.3) is 0 Å². The van der Waals surface area contributed by atoms with Crippen LogP contribution in [0.3, 0.4) is 0 Å². The van der Waals surface area contributed by atoms with Gasteiger partial charge in [0, 0.05) is 12.1 Å². The average Bonchev–Trinajstić information content (AvgIpc) is 2.33. The van der Waals surface area contributed by atoms with Crippen molar-refractivity contribution in [2.24, 2.45) is 5.92 Å². The number of benzene rings is 1. The van der Waals surface area contributed by atoms with Crippen molar-refractivity contribution in [3.8, 4) is 0 Å². The fourth-order valence-corrected chi connectivity index (χ4v) is 3.66. The van der Waals surface area contributed by atoms with Crippen LogP contribution in [0.5, 0.6) is 0 Å². The molecule has 1 aromatic carbocycles. The fourth-order valence-electron chi connectivity index (χ4n) is 1.87. The van der Waals surface area contributed by atoms with Gasteiger partial charge in [0.2, 0.25) is 0 Å². The molecule has 114 valence electrons. The van der Waals surface area contributed by atoms with Crippen LogP contribution >= 0.6 is 0 Å². The van der Waals surface area contributed by atoms with Gasteiger partial charge in [0.05, 0.1) is 5.75 Å². The van der Waals surface area contributed by atoms with E-state index < -0.39 is 26.4 Å². The highest BCUT2D eigenvalue weighted by Gasteiger charge is 2.25. The molecular formula is C14H21F2NO2S. The van der Waals surface area contributed by atoms with Crippen LogP contribution in [-0.2, 0) is 9.84 Å². The highest BCUT2D eigenvalue weighted by atomic mass is 32.2. The zero-order valence-corrected chi connectivity index (χ0v) is 12.8. The number of sulfone groups is 1. The molecule has 0 aliphatic carbocycles. The van der Waals surface area contributed by atoms with E-state index in [1.54, 1.807) is 0 Å². The Morgan fingerprint density at radius 2 is 1.90 bits per heavy atom. The second-order valence-corrected chi connectivity index (χ2v) is 7.16. The molecule has 0 saturated heterocycles. The summed E-state index contributed by atoms with van der Waals surface area (Å²) < 4.78 is 50.9. The van der Waals surface area contributed by atoms with Gasteiger partial charge in [0.1, 0.15) is 16.5 Å². The van der Waals surface area contributed by atoms with E-state index in [9.17, 15) is 17.2 Å². The van der Waals surface area contributed by atoms with Gasteiger partial charge in [-0.25, -0.2) is 17.2 Å². The zero-order chi connectivity index (χ0) is 15.3. The number of rotatable bonds is 7. The van der Waals surface area contributed by atoms with Crippen molar-refractivity contribution in [2.75, 3.05) is 12.3 Å². The molecule has 1 atom stereocenters. The van der Waals surface area contributed by atoms with Crippen LogP contribution < -0.4 is 5.32 Å². The molecular weight excluding hydrogens is 284 g/mol. The third kappa shape index (κ3) is 4.52. The van der Waals surface area contributed by atoms with Crippen molar-refractivity contribution >= 4 is 9.84 Å². The van der Waals surface area contributed by atoms with E-state index in [1.165, 1.54) is 0 Å². The lowest BCUT2D eigenvalue weighted by atomic mass is 10.1. The molecule has 0 aliphatic rings. The Hall–Kier alpha value is -1.01. The van der Waals surface area contributed by atoms with Gasteiger partial charge in [-0.1, -0.05) is 20.8 Å². The van der Waals surface area contributed by atoms with E-state index in [0.717, 1.165) is 18.6 Å².